The third-order valence-corrected chi connectivity index (χ3v) is 2.37. The maximum absolute atomic E-state index is 5.61. The summed E-state index contributed by atoms with van der Waals surface area (Å²) in [4.78, 5) is 0. The van der Waals surface area contributed by atoms with E-state index in [-0.39, 0.29) is 0 Å². The molecule has 3 atom stereocenters. The molecule has 1 aliphatic heterocycles. The lowest BCUT2D eigenvalue weighted by atomic mass is 9.96. The number of rotatable bonds is 2. The molecular weight excluding hydrogens is 140 g/mol. The van der Waals surface area contributed by atoms with E-state index in [1.165, 1.54) is 0 Å². The monoisotopic (exact) mass is 158 g/mol. The first-order valence-electron chi connectivity index (χ1n) is 4.31. The smallest absolute Gasteiger partial charge is 0.0882 e. The second kappa shape index (κ2) is 3.55. The summed E-state index contributed by atoms with van der Waals surface area (Å²) in [7, 11) is 1.77. The second-order valence-electron chi connectivity index (χ2n) is 3.72. The Labute approximate surface area is 68.9 Å². The van der Waals surface area contributed by atoms with Crippen LogP contribution in [0.2, 0.25) is 0 Å². The molecule has 0 aromatic rings. The first kappa shape index (κ1) is 9.01. The van der Waals surface area contributed by atoms with Gasteiger partial charge in [-0.3, -0.25) is 0 Å². The maximum atomic E-state index is 5.61. The van der Waals surface area contributed by atoms with Crippen LogP contribution in [0.25, 0.3) is 0 Å². The first-order valence-corrected chi connectivity index (χ1v) is 4.31. The Morgan fingerprint density at radius 3 is 2.45 bits per heavy atom. The largest absolute Gasteiger partial charge is 0.378 e. The molecule has 3 unspecified atom stereocenters. The average Bonchev–Trinajstić information content (AvgIpc) is 2.30. The Hall–Kier alpha value is -0.0800. The summed E-state index contributed by atoms with van der Waals surface area (Å²) >= 11 is 0. The Morgan fingerprint density at radius 2 is 2.09 bits per heavy atom. The maximum Gasteiger partial charge on any atom is 0.0882 e. The second-order valence-corrected chi connectivity index (χ2v) is 3.72. The molecule has 0 N–H and O–H groups in total. The van der Waals surface area contributed by atoms with Crippen molar-refractivity contribution in [3.8, 4) is 0 Å². The molecule has 1 saturated heterocycles. The lowest BCUT2D eigenvalue weighted by molar-refractivity contribution is -0.0136. The van der Waals surface area contributed by atoms with Crippen LogP contribution in [-0.2, 0) is 9.47 Å². The number of methoxy groups -OCH3 is 1. The molecule has 2 nitrogen and oxygen atoms in total. The highest BCUT2D eigenvalue weighted by molar-refractivity contribution is 4.83. The summed E-state index contributed by atoms with van der Waals surface area (Å²) in [5.74, 6) is 1.11. The standard InChI is InChI=1S/C9H18O2/c1-6(2)8-9(10-4)7(3)5-11-8/h6-9H,5H2,1-4H3. The molecule has 0 bridgehead atoms. The van der Waals surface area contributed by atoms with E-state index < -0.39 is 0 Å². The van der Waals surface area contributed by atoms with Gasteiger partial charge in [-0.15, -0.1) is 0 Å². The predicted octanol–water partition coefficient (Wildman–Crippen LogP) is 1.69. The molecule has 1 rings (SSSR count). The van der Waals surface area contributed by atoms with E-state index in [4.69, 9.17) is 9.47 Å². The molecule has 0 aromatic carbocycles. The van der Waals surface area contributed by atoms with E-state index in [1.54, 1.807) is 7.11 Å². The molecule has 0 amide bonds. The van der Waals surface area contributed by atoms with Crippen LogP contribution in [0.3, 0.4) is 0 Å². The van der Waals surface area contributed by atoms with Crippen LogP contribution in [0.15, 0.2) is 0 Å². The van der Waals surface area contributed by atoms with Gasteiger partial charge in [-0.05, 0) is 5.92 Å². The van der Waals surface area contributed by atoms with Gasteiger partial charge in [-0.25, -0.2) is 0 Å². The van der Waals surface area contributed by atoms with Gasteiger partial charge in [0.2, 0.25) is 0 Å². The summed E-state index contributed by atoms with van der Waals surface area (Å²) in [6, 6.07) is 0. The minimum Gasteiger partial charge on any atom is -0.378 e. The van der Waals surface area contributed by atoms with Gasteiger partial charge >= 0.3 is 0 Å². The van der Waals surface area contributed by atoms with Crippen LogP contribution in [0.1, 0.15) is 20.8 Å². The predicted molar refractivity (Wildman–Crippen MR) is 44.5 cm³/mol. The van der Waals surface area contributed by atoms with Crippen LogP contribution in [0, 0.1) is 11.8 Å². The van der Waals surface area contributed by atoms with E-state index in [1.807, 2.05) is 0 Å². The number of hydrogen-bond donors (Lipinski definition) is 0. The average molecular weight is 158 g/mol. The van der Waals surface area contributed by atoms with Crippen molar-refractivity contribution in [1.82, 2.24) is 0 Å². The van der Waals surface area contributed by atoms with Crippen molar-refractivity contribution in [2.45, 2.75) is 33.0 Å². The molecule has 1 heterocycles. The summed E-state index contributed by atoms with van der Waals surface area (Å²) in [5.41, 5.74) is 0. The van der Waals surface area contributed by atoms with Crippen LogP contribution in [0.4, 0.5) is 0 Å². The zero-order chi connectivity index (χ0) is 8.43. The minimum absolute atomic E-state index is 0.301. The first-order chi connectivity index (χ1) is 5.16. The molecule has 0 aliphatic carbocycles. The van der Waals surface area contributed by atoms with Crippen molar-refractivity contribution < 1.29 is 9.47 Å². The van der Waals surface area contributed by atoms with Gasteiger partial charge in [0.1, 0.15) is 0 Å². The fourth-order valence-electron chi connectivity index (χ4n) is 1.71. The number of ether oxygens (including phenoxy) is 2. The van der Waals surface area contributed by atoms with E-state index in [0.29, 0.717) is 24.0 Å². The normalized spacial score (nSPS) is 38.5. The van der Waals surface area contributed by atoms with Gasteiger partial charge in [-0.2, -0.15) is 0 Å². The molecule has 1 aliphatic rings. The Morgan fingerprint density at radius 1 is 1.45 bits per heavy atom. The molecule has 0 spiro atoms. The summed E-state index contributed by atoms with van der Waals surface area (Å²) in [6.45, 7) is 7.38. The van der Waals surface area contributed by atoms with E-state index in [9.17, 15) is 0 Å². The molecule has 0 aromatic heterocycles. The zero-order valence-corrected chi connectivity index (χ0v) is 7.83. The molecule has 11 heavy (non-hydrogen) atoms. The van der Waals surface area contributed by atoms with Crippen LogP contribution in [-0.4, -0.2) is 25.9 Å². The lowest BCUT2D eigenvalue weighted by Crippen LogP contribution is -2.31. The van der Waals surface area contributed by atoms with Gasteiger partial charge in [0.15, 0.2) is 0 Å². The van der Waals surface area contributed by atoms with Gasteiger partial charge in [0, 0.05) is 13.0 Å². The lowest BCUT2D eigenvalue weighted by Gasteiger charge is -2.22. The molecule has 2 heteroatoms. The quantitative estimate of drug-likeness (QED) is 0.609. The van der Waals surface area contributed by atoms with Crippen molar-refractivity contribution in [1.29, 1.82) is 0 Å². The third-order valence-electron chi connectivity index (χ3n) is 2.37. The van der Waals surface area contributed by atoms with Gasteiger partial charge in [0.25, 0.3) is 0 Å². The van der Waals surface area contributed by atoms with Crippen molar-refractivity contribution in [3.63, 3.8) is 0 Å². The van der Waals surface area contributed by atoms with Crippen LogP contribution >= 0.6 is 0 Å². The molecule has 66 valence electrons. The highest BCUT2D eigenvalue weighted by atomic mass is 16.5. The van der Waals surface area contributed by atoms with Crippen LogP contribution in [0.5, 0.6) is 0 Å². The summed E-state index contributed by atoms with van der Waals surface area (Å²) in [6.07, 6.45) is 0.602. The summed E-state index contributed by atoms with van der Waals surface area (Å²) in [5, 5.41) is 0. The highest BCUT2D eigenvalue weighted by Gasteiger charge is 2.36. The van der Waals surface area contributed by atoms with Gasteiger partial charge in [-0.1, -0.05) is 20.8 Å². The molecular formula is C9H18O2. The Kier molecular flexibility index (Phi) is 2.90. The molecule has 1 fully saturated rings. The van der Waals surface area contributed by atoms with E-state index in [2.05, 4.69) is 20.8 Å². The van der Waals surface area contributed by atoms with Crippen molar-refractivity contribution in [2.24, 2.45) is 11.8 Å². The van der Waals surface area contributed by atoms with Crippen molar-refractivity contribution >= 4 is 0 Å². The van der Waals surface area contributed by atoms with Crippen LogP contribution < -0.4 is 0 Å². The fraction of sp³-hybridized carbons (Fsp3) is 1.00. The Balaban J connectivity index is 2.54. The third kappa shape index (κ3) is 1.74. The Bertz CT molecular complexity index is 123. The van der Waals surface area contributed by atoms with Crippen molar-refractivity contribution in [2.75, 3.05) is 13.7 Å². The highest BCUT2D eigenvalue weighted by Crippen LogP contribution is 2.27. The van der Waals surface area contributed by atoms with Crippen molar-refractivity contribution in [3.05, 3.63) is 0 Å². The summed E-state index contributed by atoms with van der Waals surface area (Å²) < 4.78 is 11.0. The van der Waals surface area contributed by atoms with Gasteiger partial charge < -0.3 is 9.47 Å². The van der Waals surface area contributed by atoms with E-state index in [0.717, 1.165) is 6.61 Å². The molecule has 0 radical (unpaired) electrons. The topological polar surface area (TPSA) is 18.5 Å². The fourth-order valence-corrected chi connectivity index (χ4v) is 1.71. The number of hydrogen-bond acceptors (Lipinski definition) is 2. The SMILES string of the molecule is COC1C(C)COC1C(C)C. The van der Waals surface area contributed by atoms with Gasteiger partial charge in [0.05, 0.1) is 18.8 Å². The minimum atomic E-state index is 0.301. The molecule has 0 saturated carbocycles. The zero-order valence-electron chi connectivity index (χ0n) is 7.83. The van der Waals surface area contributed by atoms with E-state index >= 15 is 0 Å².